The first-order valence-corrected chi connectivity index (χ1v) is 7.34. The van der Waals surface area contributed by atoms with Gasteiger partial charge < -0.3 is 9.47 Å². The van der Waals surface area contributed by atoms with Gasteiger partial charge in [0.1, 0.15) is 11.5 Å². The Hall–Kier alpha value is -0.700. The topological polar surface area (TPSA) is 18.5 Å². The van der Waals surface area contributed by atoms with Crippen LogP contribution in [0.1, 0.15) is 26.3 Å². The summed E-state index contributed by atoms with van der Waals surface area (Å²) in [5, 5.41) is 1.02. The first-order valence-electron chi connectivity index (χ1n) is 6.22. The number of rotatable bonds is 4. The maximum Gasteiger partial charge on any atom is 0.126 e. The molecule has 2 unspecified atom stereocenters. The highest BCUT2D eigenvalue weighted by Crippen LogP contribution is 2.70. The van der Waals surface area contributed by atoms with Crippen molar-refractivity contribution in [1.29, 1.82) is 0 Å². The van der Waals surface area contributed by atoms with E-state index in [-0.39, 0.29) is 5.41 Å². The van der Waals surface area contributed by atoms with E-state index in [1.807, 2.05) is 12.1 Å². The van der Waals surface area contributed by atoms with Crippen LogP contribution in [0.15, 0.2) is 18.2 Å². The normalized spacial score (nSPS) is 28.9. The van der Waals surface area contributed by atoms with E-state index in [0.717, 1.165) is 16.8 Å². The number of hydrogen-bond acceptors (Lipinski definition) is 2. The van der Waals surface area contributed by atoms with Gasteiger partial charge in [0.25, 0.3) is 0 Å². The zero-order valence-electron chi connectivity index (χ0n) is 11.7. The molecule has 0 saturated heterocycles. The Bertz CT molecular complexity index is 456. The molecule has 1 aliphatic rings. The highest BCUT2D eigenvalue weighted by Gasteiger charge is 2.68. The van der Waals surface area contributed by atoms with Crippen molar-refractivity contribution in [2.24, 2.45) is 11.3 Å². The number of methoxy groups -OCH3 is 2. The first-order chi connectivity index (χ1) is 8.43. The Labute approximate surface area is 118 Å². The van der Waals surface area contributed by atoms with Crippen LogP contribution in [0.5, 0.6) is 11.5 Å². The van der Waals surface area contributed by atoms with Crippen molar-refractivity contribution in [1.82, 2.24) is 0 Å². The molecule has 1 aromatic rings. The fraction of sp³-hybridized carbons (Fsp3) is 0.600. The van der Waals surface area contributed by atoms with Crippen molar-refractivity contribution >= 4 is 15.9 Å². The second-order valence-electron chi connectivity index (χ2n) is 5.70. The maximum atomic E-state index is 5.55. The van der Waals surface area contributed by atoms with Crippen LogP contribution in [-0.2, 0) is 5.41 Å². The third-order valence-corrected chi connectivity index (χ3v) is 5.59. The molecule has 18 heavy (non-hydrogen) atoms. The van der Waals surface area contributed by atoms with E-state index >= 15 is 0 Å². The number of halogens is 1. The average molecular weight is 313 g/mol. The van der Waals surface area contributed by atoms with E-state index in [9.17, 15) is 0 Å². The van der Waals surface area contributed by atoms with Gasteiger partial charge in [-0.2, -0.15) is 0 Å². The van der Waals surface area contributed by atoms with Gasteiger partial charge >= 0.3 is 0 Å². The van der Waals surface area contributed by atoms with Crippen molar-refractivity contribution in [2.75, 3.05) is 19.5 Å². The standard InChI is InChI=1S/C15H21BrO2/c1-14(2)13(9-16)15(14,3)11-7-6-10(17-4)8-12(11)18-5/h6-8,13H,9H2,1-5H3. The molecule has 1 saturated carbocycles. The van der Waals surface area contributed by atoms with Gasteiger partial charge in [0.2, 0.25) is 0 Å². The fourth-order valence-corrected chi connectivity index (χ4v) is 4.67. The van der Waals surface area contributed by atoms with Crippen LogP contribution in [0, 0.1) is 11.3 Å². The Kier molecular flexibility index (Phi) is 3.39. The minimum atomic E-state index is 0.161. The molecule has 1 fully saturated rings. The molecular formula is C15H21BrO2. The summed E-state index contributed by atoms with van der Waals surface area (Å²) in [5.41, 5.74) is 1.73. The Balaban J connectivity index is 2.47. The lowest BCUT2D eigenvalue weighted by molar-refractivity contribution is 0.383. The van der Waals surface area contributed by atoms with Crippen LogP contribution < -0.4 is 9.47 Å². The van der Waals surface area contributed by atoms with Gasteiger partial charge in [0, 0.05) is 22.4 Å². The lowest BCUT2D eigenvalue weighted by atomic mass is 9.89. The summed E-state index contributed by atoms with van der Waals surface area (Å²) in [5.74, 6) is 2.40. The molecule has 0 N–H and O–H groups in total. The van der Waals surface area contributed by atoms with E-state index in [1.165, 1.54) is 5.56 Å². The van der Waals surface area contributed by atoms with Gasteiger partial charge in [-0.25, -0.2) is 0 Å². The van der Waals surface area contributed by atoms with Gasteiger partial charge in [-0.1, -0.05) is 42.8 Å². The van der Waals surface area contributed by atoms with Crippen LogP contribution >= 0.6 is 15.9 Å². The maximum absolute atomic E-state index is 5.55. The Morgan fingerprint density at radius 1 is 1.17 bits per heavy atom. The highest BCUT2D eigenvalue weighted by molar-refractivity contribution is 9.09. The zero-order chi connectivity index (χ0) is 13.6. The summed E-state index contributed by atoms with van der Waals surface area (Å²) >= 11 is 3.63. The van der Waals surface area contributed by atoms with Gasteiger partial charge in [-0.05, 0) is 17.4 Å². The molecule has 2 atom stereocenters. The molecule has 100 valence electrons. The number of ether oxygens (including phenoxy) is 2. The number of hydrogen-bond donors (Lipinski definition) is 0. The summed E-state index contributed by atoms with van der Waals surface area (Å²) in [6, 6.07) is 6.13. The highest BCUT2D eigenvalue weighted by atomic mass is 79.9. The van der Waals surface area contributed by atoms with Crippen molar-refractivity contribution in [2.45, 2.75) is 26.2 Å². The van der Waals surface area contributed by atoms with Crippen LogP contribution in [0.3, 0.4) is 0 Å². The molecule has 0 radical (unpaired) electrons. The quantitative estimate of drug-likeness (QED) is 0.782. The Morgan fingerprint density at radius 2 is 1.83 bits per heavy atom. The summed E-state index contributed by atoms with van der Waals surface area (Å²) in [7, 11) is 3.40. The van der Waals surface area contributed by atoms with Gasteiger partial charge in [0.05, 0.1) is 14.2 Å². The predicted octanol–water partition coefficient (Wildman–Crippen LogP) is 4.01. The SMILES string of the molecule is COc1ccc(C2(C)C(CBr)C2(C)C)c(OC)c1. The third kappa shape index (κ3) is 1.67. The van der Waals surface area contributed by atoms with Gasteiger partial charge in [-0.3, -0.25) is 0 Å². The number of alkyl halides is 1. The smallest absolute Gasteiger partial charge is 0.126 e. The molecule has 0 amide bonds. The molecule has 3 heteroatoms. The average Bonchev–Trinajstić information content (AvgIpc) is 2.82. The molecule has 1 aliphatic carbocycles. The van der Waals surface area contributed by atoms with Crippen LogP contribution in [0.2, 0.25) is 0 Å². The molecule has 2 nitrogen and oxygen atoms in total. The van der Waals surface area contributed by atoms with Crippen molar-refractivity contribution in [3.63, 3.8) is 0 Å². The van der Waals surface area contributed by atoms with E-state index in [2.05, 4.69) is 42.8 Å². The zero-order valence-corrected chi connectivity index (χ0v) is 13.3. The van der Waals surface area contributed by atoms with Crippen LogP contribution in [-0.4, -0.2) is 19.5 Å². The van der Waals surface area contributed by atoms with Crippen LogP contribution in [0.4, 0.5) is 0 Å². The largest absolute Gasteiger partial charge is 0.497 e. The molecule has 0 spiro atoms. The Morgan fingerprint density at radius 3 is 2.28 bits per heavy atom. The van der Waals surface area contributed by atoms with Gasteiger partial charge in [0.15, 0.2) is 0 Å². The van der Waals surface area contributed by atoms with E-state index in [1.54, 1.807) is 14.2 Å². The molecule has 0 aliphatic heterocycles. The summed E-state index contributed by atoms with van der Waals surface area (Å²) in [6.45, 7) is 6.97. The molecule has 0 heterocycles. The summed E-state index contributed by atoms with van der Waals surface area (Å²) < 4.78 is 10.8. The van der Waals surface area contributed by atoms with Crippen molar-refractivity contribution in [3.8, 4) is 11.5 Å². The molecule has 2 rings (SSSR count). The minimum absolute atomic E-state index is 0.161. The second kappa shape index (κ2) is 4.44. The number of benzene rings is 1. The summed E-state index contributed by atoms with van der Waals surface area (Å²) in [4.78, 5) is 0. The lowest BCUT2D eigenvalue weighted by Gasteiger charge is -2.19. The van der Waals surface area contributed by atoms with Crippen LogP contribution in [0.25, 0.3) is 0 Å². The summed E-state index contributed by atoms with van der Waals surface area (Å²) in [6.07, 6.45) is 0. The van der Waals surface area contributed by atoms with E-state index in [4.69, 9.17) is 9.47 Å². The molecule has 0 aromatic heterocycles. The first kappa shape index (κ1) is 13.7. The lowest BCUT2D eigenvalue weighted by Crippen LogP contribution is -2.11. The predicted molar refractivity (Wildman–Crippen MR) is 78.0 cm³/mol. The van der Waals surface area contributed by atoms with Crippen molar-refractivity contribution in [3.05, 3.63) is 23.8 Å². The fourth-order valence-electron chi connectivity index (χ4n) is 3.21. The molecule has 0 bridgehead atoms. The monoisotopic (exact) mass is 312 g/mol. The molecular weight excluding hydrogens is 292 g/mol. The van der Waals surface area contributed by atoms with Gasteiger partial charge in [-0.15, -0.1) is 0 Å². The third-order valence-electron chi connectivity index (χ3n) is 4.95. The second-order valence-corrected chi connectivity index (χ2v) is 6.34. The van der Waals surface area contributed by atoms with E-state index in [0.29, 0.717) is 11.3 Å². The van der Waals surface area contributed by atoms with E-state index < -0.39 is 0 Å². The minimum Gasteiger partial charge on any atom is -0.497 e. The van der Waals surface area contributed by atoms with Crippen molar-refractivity contribution < 1.29 is 9.47 Å². The molecule has 1 aromatic carbocycles.